The number of nitrogens with one attached hydrogen (secondary N) is 2. The second kappa shape index (κ2) is 9.16. The predicted molar refractivity (Wildman–Crippen MR) is 112 cm³/mol. The Morgan fingerprint density at radius 1 is 1.24 bits per heavy atom. The molecule has 1 aliphatic rings. The van der Waals surface area contributed by atoms with Gasteiger partial charge in [0.15, 0.2) is 11.6 Å². The second-order valence-electron chi connectivity index (χ2n) is 7.56. The van der Waals surface area contributed by atoms with Crippen LogP contribution < -0.4 is 15.4 Å². The summed E-state index contributed by atoms with van der Waals surface area (Å²) in [6.07, 6.45) is -3.96. The molecule has 3 rings (SSSR count). The zero-order valence-electron chi connectivity index (χ0n) is 17.7. The number of anilines is 1. The number of rotatable bonds is 5. The minimum absolute atomic E-state index is 0.00618. The molecule has 0 aliphatic carbocycles. The number of carbonyl (C=O) groups excluding carboxylic acids is 2. The average molecular weight is 489 g/mol. The normalized spacial score (nSPS) is 22.7. The summed E-state index contributed by atoms with van der Waals surface area (Å²) in [4.78, 5) is 28.7. The summed E-state index contributed by atoms with van der Waals surface area (Å²) in [5, 5.41) is 3.56. The number of pyridine rings is 1. The number of thioether (sulfide) groups is 1. The minimum atomic E-state index is -4.67. The Balaban J connectivity index is 2.00. The lowest BCUT2D eigenvalue weighted by Crippen LogP contribution is -2.37. The third kappa shape index (κ3) is 4.75. The summed E-state index contributed by atoms with van der Waals surface area (Å²) >= 11 is 0.391. The Bertz CT molecular complexity index is 1080. The predicted octanol–water partition coefficient (Wildman–Crippen LogP) is 4.28. The van der Waals surface area contributed by atoms with Crippen LogP contribution in [0.2, 0.25) is 0 Å². The fourth-order valence-electron chi connectivity index (χ4n) is 3.65. The molecule has 2 aromatic rings. The van der Waals surface area contributed by atoms with E-state index in [2.05, 4.69) is 15.6 Å². The number of ether oxygens (including phenoxy) is 1. The van der Waals surface area contributed by atoms with Gasteiger partial charge in [0.25, 0.3) is 5.91 Å². The van der Waals surface area contributed by atoms with Crippen LogP contribution in [0.25, 0.3) is 0 Å². The maximum atomic E-state index is 14.3. The van der Waals surface area contributed by atoms with Crippen LogP contribution >= 0.6 is 11.8 Å². The maximum absolute atomic E-state index is 14.3. The molecule has 1 fully saturated rings. The van der Waals surface area contributed by atoms with Gasteiger partial charge in [0.2, 0.25) is 11.7 Å². The zero-order chi connectivity index (χ0) is 24.6. The van der Waals surface area contributed by atoms with Gasteiger partial charge in [-0.15, -0.1) is 11.8 Å². The van der Waals surface area contributed by atoms with Crippen LogP contribution in [0.15, 0.2) is 30.5 Å². The third-order valence-corrected chi connectivity index (χ3v) is 7.11. The first-order chi connectivity index (χ1) is 15.4. The molecule has 2 amide bonds. The van der Waals surface area contributed by atoms with Crippen molar-refractivity contribution in [3.8, 4) is 5.75 Å². The highest BCUT2D eigenvalue weighted by Gasteiger charge is 2.60. The SMILES string of the molecule is CNC(=O)c1cc(NC(=O)[C@@H]2S[C@@](C)(C(F)(F)F)C[C@H]2c2ccc(F)c(F)c2OC)ccn1. The van der Waals surface area contributed by atoms with E-state index in [0.29, 0.717) is 11.8 Å². The van der Waals surface area contributed by atoms with Gasteiger partial charge in [-0.2, -0.15) is 17.6 Å². The van der Waals surface area contributed by atoms with Gasteiger partial charge in [0.1, 0.15) is 10.4 Å². The van der Waals surface area contributed by atoms with E-state index in [1.165, 1.54) is 25.4 Å². The molecular formula is C21H20F5N3O3S. The summed E-state index contributed by atoms with van der Waals surface area (Å²) in [7, 11) is 2.46. The lowest BCUT2D eigenvalue weighted by Gasteiger charge is -2.26. The lowest BCUT2D eigenvalue weighted by molar-refractivity contribution is -0.155. The monoisotopic (exact) mass is 489 g/mol. The summed E-state index contributed by atoms with van der Waals surface area (Å²) in [6.45, 7) is 0.959. The molecule has 12 heteroatoms. The van der Waals surface area contributed by atoms with Crippen LogP contribution in [-0.4, -0.2) is 47.1 Å². The third-order valence-electron chi connectivity index (χ3n) is 5.39. The number of alkyl halides is 3. The van der Waals surface area contributed by atoms with Crippen molar-refractivity contribution in [2.45, 2.75) is 35.4 Å². The maximum Gasteiger partial charge on any atom is 0.403 e. The van der Waals surface area contributed by atoms with E-state index in [4.69, 9.17) is 4.74 Å². The van der Waals surface area contributed by atoms with Gasteiger partial charge < -0.3 is 15.4 Å². The highest BCUT2D eigenvalue weighted by molar-refractivity contribution is 8.02. The lowest BCUT2D eigenvalue weighted by atomic mass is 9.85. The number of nitrogens with zero attached hydrogens (tertiary/aromatic N) is 1. The van der Waals surface area contributed by atoms with Crippen molar-refractivity contribution in [3.63, 3.8) is 0 Å². The van der Waals surface area contributed by atoms with Gasteiger partial charge in [0, 0.05) is 30.4 Å². The highest BCUT2D eigenvalue weighted by Crippen LogP contribution is 2.59. The molecule has 0 spiro atoms. The Labute approximate surface area is 190 Å². The largest absolute Gasteiger partial charge is 0.493 e. The van der Waals surface area contributed by atoms with E-state index in [-0.39, 0.29) is 16.9 Å². The molecule has 178 valence electrons. The Kier molecular flexibility index (Phi) is 6.87. The molecule has 6 nitrogen and oxygen atoms in total. The molecule has 33 heavy (non-hydrogen) atoms. The molecule has 0 saturated carbocycles. The molecule has 0 radical (unpaired) electrons. The topological polar surface area (TPSA) is 80.3 Å². The zero-order valence-corrected chi connectivity index (χ0v) is 18.5. The molecule has 1 aromatic carbocycles. The fourth-order valence-corrected chi connectivity index (χ4v) is 5.19. The van der Waals surface area contributed by atoms with E-state index in [0.717, 1.165) is 26.2 Å². The van der Waals surface area contributed by atoms with Crippen molar-refractivity contribution in [2.75, 3.05) is 19.5 Å². The Hall–Kier alpha value is -2.89. The summed E-state index contributed by atoms with van der Waals surface area (Å²) in [5.74, 6) is -5.56. The van der Waals surface area contributed by atoms with E-state index in [1.807, 2.05) is 0 Å². The molecule has 2 heterocycles. The molecule has 3 atom stereocenters. The standard InChI is InChI=1S/C21H20F5N3O3S/c1-20(21(24,25)26)9-12(11-4-5-13(22)15(23)16(11)32-3)17(33-20)19(31)29-10-6-7-28-14(8-10)18(30)27-2/h4-8,12,17H,9H2,1-3H3,(H,27,30)(H,28,29,31)/t12-,17+,20+/m0/s1. The van der Waals surface area contributed by atoms with Gasteiger partial charge in [-0.25, -0.2) is 4.39 Å². The molecule has 0 unspecified atom stereocenters. The fraction of sp³-hybridized carbons (Fsp3) is 0.381. The first kappa shape index (κ1) is 24.7. The number of amides is 2. The van der Waals surface area contributed by atoms with Crippen LogP contribution in [0.1, 0.15) is 35.3 Å². The minimum Gasteiger partial charge on any atom is -0.493 e. The van der Waals surface area contributed by atoms with E-state index < -0.39 is 57.7 Å². The highest BCUT2D eigenvalue weighted by atomic mass is 32.2. The summed E-state index contributed by atoms with van der Waals surface area (Å²) in [5.41, 5.74) is 0.0944. The molecule has 0 bridgehead atoms. The molecule has 1 saturated heterocycles. The van der Waals surface area contributed by atoms with Crippen molar-refractivity contribution in [3.05, 3.63) is 53.4 Å². The summed E-state index contributed by atoms with van der Waals surface area (Å²) in [6, 6.07) is 4.56. The van der Waals surface area contributed by atoms with Crippen molar-refractivity contribution in [2.24, 2.45) is 0 Å². The quantitative estimate of drug-likeness (QED) is 0.613. The van der Waals surface area contributed by atoms with Gasteiger partial charge >= 0.3 is 6.18 Å². The van der Waals surface area contributed by atoms with Crippen molar-refractivity contribution >= 4 is 29.3 Å². The smallest absolute Gasteiger partial charge is 0.403 e. The number of hydrogen-bond acceptors (Lipinski definition) is 5. The van der Waals surface area contributed by atoms with Crippen molar-refractivity contribution in [1.29, 1.82) is 0 Å². The van der Waals surface area contributed by atoms with Gasteiger partial charge in [-0.1, -0.05) is 6.07 Å². The molecule has 1 aromatic heterocycles. The molecule has 1 aliphatic heterocycles. The van der Waals surface area contributed by atoms with Gasteiger partial charge in [-0.05, 0) is 31.5 Å². The number of hydrogen-bond donors (Lipinski definition) is 2. The number of methoxy groups -OCH3 is 1. The van der Waals surface area contributed by atoms with E-state index in [9.17, 15) is 31.5 Å². The Morgan fingerprint density at radius 2 is 1.94 bits per heavy atom. The second-order valence-corrected chi connectivity index (χ2v) is 9.20. The van der Waals surface area contributed by atoms with Crippen LogP contribution in [0, 0.1) is 11.6 Å². The van der Waals surface area contributed by atoms with Crippen molar-refractivity contribution in [1.82, 2.24) is 10.3 Å². The van der Waals surface area contributed by atoms with Crippen LogP contribution in [-0.2, 0) is 4.79 Å². The number of benzene rings is 1. The van der Waals surface area contributed by atoms with Gasteiger partial charge in [-0.3, -0.25) is 14.6 Å². The number of aromatic nitrogens is 1. The first-order valence-corrected chi connectivity index (χ1v) is 10.5. The number of halogens is 5. The van der Waals surface area contributed by atoms with E-state index in [1.54, 1.807) is 0 Å². The van der Waals surface area contributed by atoms with Gasteiger partial charge in [0.05, 0.1) is 12.4 Å². The molecular weight excluding hydrogens is 469 g/mol. The summed E-state index contributed by atoms with van der Waals surface area (Å²) < 4.78 is 72.1. The average Bonchev–Trinajstić information content (AvgIpc) is 3.14. The van der Waals surface area contributed by atoms with Crippen LogP contribution in [0.4, 0.5) is 27.6 Å². The number of carbonyl (C=O) groups is 2. The van der Waals surface area contributed by atoms with E-state index >= 15 is 0 Å². The first-order valence-electron chi connectivity index (χ1n) is 9.67. The van der Waals surface area contributed by atoms with Crippen molar-refractivity contribution < 1.29 is 36.3 Å². The van der Waals surface area contributed by atoms with Crippen LogP contribution in [0.5, 0.6) is 5.75 Å². The van der Waals surface area contributed by atoms with Crippen LogP contribution in [0.3, 0.4) is 0 Å². The Morgan fingerprint density at radius 3 is 2.55 bits per heavy atom. The molecule has 2 N–H and O–H groups in total.